The van der Waals surface area contributed by atoms with Crippen LogP contribution < -0.4 is 10.5 Å². The first-order chi connectivity index (χ1) is 9.12. The molecule has 1 aromatic rings. The van der Waals surface area contributed by atoms with Crippen molar-refractivity contribution in [2.75, 3.05) is 33.1 Å². The van der Waals surface area contributed by atoms with E-state index < -0.39 is 0 Å². The summed E-state index contributed by atoms with van der Waals surface area (Å²) in [7, 11) is 3.42. The summed E-state index contributed by atoms with van der Waals surface area (Å²) in [5.41, 5.74) is 7.76. The summed E-state index contributed by atoms with van der Waals surface area (Å²) < 4.78 is 10.6. The van der Waals surface area contributed by atoms with Gasteiger partial charge < -0.3 is 15.2 Å². The molecule has 4 nitrogen and oxygen atoms in total. The van der Waals surface area contributed by atoms with Crippen molar-refractivity contribution >= 4 is 5.69 Å². The van der Waals surface area contributed by atoms with E-state index in [1.165, 1.54) is 0 Å². The topological polar surface area (TPSA) is 47.7 Å². The Labute approximate surface area is 116 Å². The van der Waals surface area contributed by atoms with Crippen molar-refractivity contribution in [2.45, 2.75) is 32.9 Å². The highest BCUT2D eigenvalue weighted by Gasteiger charge is 2.15. The standard InChI is InChI=1S/C15H26N2O2/c1-5-12(2)17(8-9-18-3)11-13-10-14(16)6-7-15(13)19-4/h6-7,10,12H,5,8-9,11,16H2,1-4H3. The molecule has 0 aliphatic carbocycles. The number of hydrogen-bond donors (Lipinski definition) is 1. The van der Waals surface area contributed by atoms with E-state index >= 15 is 0 Å². The minimum atomic E-state index is 0.501. The molecule has 1 rings (SSSR count). The average molecular weight is 266 g/mol. The van der Waals surface area contributed by atoms with Gasteiger partial charge in [-0.2, -0.15) is 0 Å². The van der Waals surface area contributed by atoms with Crippen LogP contribution in [0.4, 0.5) is 5.69 Å². The van der Waals surface area contributed by atoms with E-state index in [0.717, 1.165) is 43.1 Å². The Morgan fingerprint density at radius 1 is 1.32 bits per heavy atom. The molecule has 108 valence electrons. The molecule has 0 amide bonds. The van der Waals surface area contributed by atoms with E-state index in [-0.39, 0.29) is 0 Å². The maximum absolute atomic E-state index is 5.87. The summed E-state index contributed by atoms with van der Waals surface area (Å²) >= 11 is 0. The fraction of sp³-hybridized carbons (Fsp3) is 0.600. The first-order valence-corrected chi connectivity index (χ1v) is 6.77. The average Bonchev–Trinajstić information content (AvgIpc) is 2.42. The molecule has 0 saturated heterocycles. The zero-order chi connectivity index (χ0) is 14.3. The molecule has 0 radical (unpaired) electrons. The summed E-state index contributed by atoms with van der Waals surface area (Å²) in [6, 6.07) is 6.28. The number of ether oxygens (including phenoxy) is 2. The van der Waals surface area contributed by atoms with Crippen LogP contribution in [-0.4, -0.2) is 38.3 Å². The largest absolute Gasteiger partial charge is 0.496 e. The zero-order valence-corrected chi connectivity index (χ0v) is 12.5. The molecular weight excluding hydrogens is 240 g/mol. The molecule has 4 heteroatoms. The minimum Gasteiger partial charge on any atom is -0.496 e. The van der Waals surface area contributed by atoms with Gasteiger partial charge in [0.15, 0.2) is 0 Å². The molecule has 1 aromatic carbocycles. The van der Waals surface area contributed by atoms with Crippen LogP contribution in [0, 0.1) is 0 Å². The van der Waals surface area contributed by atoms with Crippen molar-refractivity contribution < 1.29 is 9.47 Å². The minimum absolute atomic E-state index is 0.501. The molecule has 0 aliphatic rings. The lowest BCUT2D eigenvalue weighted by Gasteiger charge is -2.28. The predicted octanol–water partition coefficient (Wildman–Crippen LogP) is 2.52. The highest BCUT2D eigenvalue weighted by Crippen LogP contribution is 2.23. The molecule has 0 spiro atoms. The lowest BCUT2D eigenvalue weighted by molar-refractivity contribution is 0.117. The maximum atomic E-state index is 5.87. The third-order valence-electron chi connectivity index (χ3n) is 3.47. The second kappa shape index (κ2) is 8.02. The highest BCUT2D eigenvalue weighted by atomic mass is 16.5. The van der Waals surface area contributed by atoms with E-state index in [1.54, 1.807) is 14.2 Å². The number of benzene rings is 1. The van der Waals surface area contributed by atoms with Crippen LogP contribution in [0.3, 0.4) is 0 Å². The number of rotatable bonds is 8. The van der Waals surface area contributed by atoms with Crippen LogP contribution in [0.15, 0.2) is 18.2 Å². The summed E-state index contributed by atoms with van der Waals surface area (Å²) in [5.74, 6) is 0.889. The Bertz CT molecular complexity index is 382. The summed E-state index contributed by atoms with van der Waals surface area (Å²) in [5, 5.41) is 0. The van der Waals surface area contributed by atoms with Crippen LogP contribution >= 0.6 is 0 Å². The van der Waals surface area contributed by atoms with Crippen LogP contribution in [0.5, 0.6) is 5.75 Å². The SMILES string of the molecule is CCC(C)N(CCOC)Cc1cc(N)ccc1OC. The first-order valence-electron chi connectivity index (χ1n) is 6.77. The fourth-order valence-corrected chi connectivity index (χ4v) is 2.06. The molecule has 1 atom stereocenters. The number of nitrogen functional groups attached to an aromatic ring is 1. The second-order valence-electron chi connectivity index (χ2n) is 4.79. The molecular formula is C15H26N2O2. The van der Waals surface area contributed by atoms with Gasteiger partial charge in [-0.15, -0.1) is 0 Å². The zero-order valence-electron chi connectivity index (χ0n) is 12.5. The van der Waals surface area contributed by atoms with Gasteiger partial charge in [-0.05, 0) is 31.5 Å². The van der Waals surface area contributed by atoms with Crippen molar-refractivity contribution in [3.05, 3.63) is 23.8 Å². The van der Waals surface area contributed by atoms with Gasteiger partial charge in [-0.25, -0.2) is 0 Å². The van der Waals surface area contributed by atoms with E-state index in [4.69, 9.17) is 15.2 Å². The normalized spacial score (nSPS) is 12.7. The fourth-order valence-electron chi connectivity index (χ4n) is 2.06. The third kappa shape index (κ3) is 4.73. The Morgan fingerprint density at radius 3 is 2.63 bits per heavy atom. The quantitative estimate of drug-likeness (QED) is 0.735. The molecule has 0 aliphatic heterocycles. The van der Waals surface area contributed by atoms with Crippen LogP contribution in [0.2, 0.25) is 0 Å². The van der Waals surface area contributed by atoms with Gasteiger partial charge in [-0.1, -0.05) is 6.92 Å². The van der Waals surface area contributed by atoms with Crippen molar-refractivity contribution in [1.29, 1.82) is 0 Å². The first kappa shape index (κ1) is 15.8. The van der Waals surface area contributed by atoms with Gasteiger partial charge >= 0.3 is 0 Å². The second-order valence-corrected chi connectivity index (χ2v) is 4.79. The Balaban J connectivity index is 2.85. The molecule has 0 heterocycles. The van der Waals surface area contributed by atoms with Crippen molar-refractivity contribution in [3.63, 3.8) is 0 Å². The molecule has 0 fully saturated rings. The van der Waals surface area contributed by atoms with E-state index in [9.17, 15) is 0 Å². The third-order valence-corrected chi connectivity index (χ3v) is 3.47. The molecule has 0 aromatic heterocycles. The Morgan fingerprint density at radius 2 is 2.05 bits per heavy atom. The lowest BCUT2D eigenvalue weighted by atomic mass is 10.1. The van der Waals surface area contributed by atoms with E-state index in [2.05, 4.69) is 18.7 Å². The predicted molar refractivity (Wildman–Crippen MR) is 79.4 cm³/mol. The van der Waals surface area contributed by atoms with E-state index in [1.807, 2.05) is 18.2 Å². The monoisotopic (exact) mass is 266 g/mol. The van der Waals surface area contributed by atoms with Gasteiger partial charge in [0, 0.05) is 37.5 Å². The maximum Gasteiger partial charge on any atom is 0.123 e. The Kier molecular flexibility index (Phi) is 6.67. The number of hydrogen-bond acceptors (Lipinski definition) is 4. The molecule has 0 saturated carbocycles. The van der Waals surface area contributed by atoms with Crippen LogP contribution in [0.1, 0.15) is 25.8 Å². The molecule has 0 bridgehead atoms. The number of nitrogens with two attached hydrogens (primary N) is 1. The van der Waals surface area contributed by atoms with Gasteiger partial charge in [-0.3, -0.25) is 4.90 Å². The lowest BCUT2D eigenvalue weighted by Crippen LogP contribution is -2.35. The van der Waals surface area contributed by atoms with E-state index in [0.29, 0.717) is 6.04 Å². The van der Waals surface area contributed by atoms with Crippen molar-refractivity contribution in [2.24, 2.45) is 0 Å². The summed E-state index contributed by atoms with van der Waals surface area (Å²) in [6.45, 7) is 6.89. The number of methoxy groups -OCH3 is 2. The number of anilines is 1. The highest BCUT2D eigenvalue weighted by molar-refractivity contribution is 5.47. The summed E-state index contributed by atoms with van der Waals surface area (Å²) in [6.07, 6.45) is 1.11. The molecule has 2 N–H and O–H groups in total. The van der Waals surface area contributed by atoms with Gasteiger partial charge in [0.25, 0.3) is 0 Å². The van der Waals surface area contributed by atoms with Crippen LogP contribution in [0.25, 0.3) is 0 Å². The van der Waals surface area contributed by atoms with Crippen molar-refractivity contribution in [1.82, 2.24) is 4.90 Å². The van der Waals surface area contributed by atoms with Gasteiger partial charge in [0.1, 0.15) is 5.75 Å². The van der Waals surface area contributed by atoms with Gasteiger partial charge in [0.2, 0.25) is 0 Å². The summed E-state index contributed by atoms with van der Waals surface area (Å²) in [4.78, 5) is 2.39. The smallest absolute Gasteiger partial charge is 0.123 e. The number of nitrogens with zero attached hydrogens (tertiary/aromatic N) is 1. The van der Waals surface area contributed by atoms with Crippen LogP contribution in [-0.2, 0) is 11.3 Å². The van der Waals surface area contributed by atoms with Gasteiger partial charge in [0.05, 0.1) is 13.7 Å². The Hall–Kier alpha value is -1.26. The van der Waals surface area contributed by atoms with Crippen molar-refractivity contribution in [3.8, 4) is 5.75 Å². The molecule has 19 heavy (non-hydrogen) atoms. The molecule has 1 unspecified atom stereocenters.